The molecule has 0 unspecified atom stereocenters. The highest BCUT2D eigenvalue weighted by molar-refractivity contribution is 5.65. The van der Waals surface area contributed by atoms with Crippen LogP contribution in [0.2, 0.25) is 0 Å². The first-order valence-corrected chi connectivity index (χ1v) is 9.34. The molecule has 0 spiro atoms. The van der Waals surface area contributed by atoms with Crippen molar-refractivity contribution in [1.29, 1.82) is 0 Å². The van der Waals surface area contributed by atoms with E-state index in [1.807, 2.05) is 14.7 Å². The maximum absolute atomic E-state index is 10.8. The normalized spacial score (nSPS) is 19.1. The van der Waals surface area contributed by atoms with Crippen molar-refractivity contribution in [1.82, 2.24) is 20.0 Å². The molecular formula is C17H29N4O6-3. The molecule has 156 valence electrons. The number of rotatable bonds is 9. The van der Waals surface area contributed by atoms with Crippen LogP contribution in [0, 0.1) is 0 Å². The second kappa shape index (κ2) is 13.4. The van der Waals surface area contributed by atoms with Crippen LogP contribution in [-0.4, -0.2) is 105 Å². The molecule has 1 rings (SSSR count). The molecule has 0 aliphatic carbocycles. The Morgan fingerprint density at radius 1 is 0.593 bits per heavy atom. The van der Waals surface area contributed by atoms with Crippen LogP contribution in [0.5, 0.6) is 0 Å². The molecule has 0 aromatic carbocycles. The van der Waals surface area contributed by atoms with Gasteiger partial charge in [-0.1, -0.05) is 0 Å². The highest BCUT2D eigenvalue weighted by atomic mass is 16.4. The summed E-state index contributed by atoms with van der Waals surface area (Å²) in [5.41, 5.74) is 0. The van der Waals surface area contributed by atoms with Gasteiger partial charge in [-0.25, -0.2) is 0 Å². The molecule has 0 bridgehead atoms. The van der Waals surface area contributed by atoms with Crippen molar-refractivity contribution in [2.24, 2.45) is 0 Å². The summed E-state index contributed by atoms with van der Waals surface area (Å²) in [5.74, 6) is -3.30. The zero-order chi connectivity index (χ0) is 20.1. The van der Waals surface area contributed by atoms with Crippen molar-refractivity contribution < 1.29 is 29.7 Å². The number of hydrogen-bond donors (Lipinski definition) is 1. The monoisotopic (exact) mass is 385 g/mol. The molecule has 1 aliphatic heterocycles. The Kier molecular flexibility index (Phi) is 11.6. The standard InChI is InChI=1S/C17H32N4O6/c22-15(23)1-6-19-9-4-18-5-10-20(7-2-16(24)25)12-14-21(13-11-19)8-3-17(26)27/h18H,1-14H2,(H,22,23)(H,24,25)(H,26,27)/p-3. The smallest absolute Gasteiger partial charge is 0.0427 e. The summed E-state index contributed by atoms with van der Waals surface area (Å²) in [5, 5.41) is 35.5. The molecule has 0 amide bonds. The third kappa shape index (κ3) is 12.3. The number of aliphatic carboxylic acids is 3. The molecule has 1 fully saturated rings. The van der Waals surface area contributed by atoms with E-state index in [1.165, 1.54) is 0 Å². The molecule has 10 nitrogen and oxygen atoms in total. The Hall–Kier alpha value is -1.75. The van der Waals surface area contributed by atoms with Gasteiger partial charge < -0.3 is 49.7 Å². The van der Waals surface area contributed by atoms with Gasteiger partial charge in [-0.15, -0.1) is 0 Å². The summed E-state index contributed by atoms with van der Waals surface area (Å²) in [6, 6.07) is 0. The van der Waals surface area contributed by atoms with Crippen molar-refractivity contribution in [3.8, 4) is 0 Å². The number of hydrogen-bond acceptors (Lipinski definition) is 10. The molecule has 1 N–H and O–H groups in total. The third-order valence-electron chi connectivity index (χ3n) is 4.57. The first-order chi connectivity index (χ1) is 12.9. The van der Waals surface area contributed by atoms with E-state index in [4.69, 9.17) is 0 Å². The lowest BCUT2D eigenvalue weighted by atomic mass is 10.3. The number of carboxylic acid groups (broad SMARTS) is 3. The fourth-order valence-electron chi connectivity index (χ4n) is 2.92. The summed E-state index contributed by atoms with van der Waals surface area (Å²) < 4.78 is 0. The maximum atomic E-state index is 10.8. The molecule has 0 radical (unpaired) electrons. The quantitative estimate of drug-likeness (QED) is 0.409. The van der Waals surface area contributed by atoms with Gasteiger partial charge in [0.15, 0.2) is 0 Å². The highest BCUT2D eigenvalue weighted by Gasteiger charge is 2.13. The number of nitrogens with zero attached hydrogens (tertiary/aromatic N) is 3. The minimum Gasteiger partial charge on any atom is -0.550 e. The zero-order valence-electron chi connectivity index (χ0n) is 15.7. The maximum Gasteiger partial charge on any atom is 0.0427 e. The lowest BCUT2D eigenvalue weighted by molar-refractivity contribution is -0.307. The molecule has 0 saturated carbocycles. The lowest BCUT2D eigenvalue weighted by Gasteiger charge is -2.32. The molecule has 0 aromatic heterocycles. The number of carboxylic acids is 3. The minimum atomic E-state index is -1.12. The number of carbonyl (C=O) groups excluding carboxylic acids is 3. The second-order valence-corrected chi connectivity index (χ2v) is 6.64. The van der Waals surface area contributed by atoms with Crippen LogP contribution in [0.1, 0.15) is 19.3 Å². The summed E-state index contributed by atoms with van der Waals surface area (Å²) in [4.78, 5) is 38.3. The summed E-state index contributed by atoms with van der Waals surface area (Å²) in [7, 11) is 0. The Labute approximate surface area is 159 Å². The van der Waals surface area contributed by atoms with E-state index in [0.717, 1.165) is 0 Å². The van der Waals surface area contributed by atoms with E-state index in [0.29, 0.717) is 72.0 Å². The summed E-state index contributed by atoms with van der Waals surface area (Å²) in [6.07, 6.45) is -0.175. The predicted molar refractivity (Wildman–Crippen MR) is 91.1 cm³/mol. The fraction of sp³-hybridized carbons (Fsp3) is 0.824. The summed E-state index contributed by atoms with van der Waals surface area (Å²) >= 11 is 0. The van der Waals surface area contributed by atoms with Crippen molar-refractivity contribution in [3.05, 3.63) is 0 Å². The molecule has 1 saturated heterocycles. The van der Waals surface area contributed by atoms with Gasteiger partial charge in [0.25, 0.3) is 0 Å². The van der Waals surface area contributed by atoms with Crippen LogP contribution in [-0.2, 0) is 14.4 Å². The van der Waals surface area contributed by atoms with Crippen molar-refractivity contribution in [2.45, 2.75) is 19.3 Å². The van der Waals surface area contributed by atoms with E-state index in [1.54, 1.807) is 0 Å². The van der Waals surface area contributed by atoms with Gasteiger partial charge in [-0.2, -0.15) is 0 Å². The van der Waals surface area contributed by atoms with Gasteiger partial charge >= 0.3 is 0 Å². The van der Waals surface area contributed by atoms with Crippen LogP contribution in [0.25, 0.3) is 0 Å². The Bertz CT molecular complexity index is 444. The second-order valence-electron chi connectivity index (χ2n) is 6.64. The third-order valence-corrected chi connectivity index (χ3v) is 4.57. The van der Waals surface area contributed by atoms with Gasteiger partial charge in [0.2, 0.25) is 0 Å². The van der Waals surface area contributed by atoms with Crippen LogP contribution in [0.3, 0.4) is 0 Å². The molecule has 1 aliphatic rings. The zero-order valence-corrected chi connectivity index (χ0v) is 15.7. The average Bonchev–Trinajstić information content (AvgIpc) is 2.59. The SMILES string of the molecule is O=C([O-])CCN1CCNCCN(CCC(=O)[O-])CCN(CCC(=O)[O-])CC1. The van der Waals surface area contributed by atoms with Gasteiger partial charge in [0.1, 0.15) is 0 Å². The minimum absolute atomic E-state index is 0.0456. The van der Waals surface area contributed by atoms with Crippen molar-refractivity contribution in [3.63, 3.8) is 0 Å². The van der Waals surface area contributed by atoms with E-state index in [9.17, 15) is 29.7 Å². The highest BCUT2D eigenvalue weighted by Crippen LogP contribution is 2.00. The summed E-state index contributed by atoms with van der Waals surface area (Å²) in [6.45, 7) is 6.21. The van der Waals surface area contributed by atoms with Gasteiger partial charge in [0, 0.05) is 89.9 Å². The van der Waals surface area contributed by atoms with E-state index >= 15 is 0 Å². The van der Waals surface area contributed by atoms with Crippen LogP contribution >= 0.6 is 0 Å². The Balaban J connectivity index is 2.64. The van der Waals surface area contributed by atoms with Crippen molar-refractivity contribution >= 4 is 17.9 Å². The lowest BCUT2D eigenvalue weighted by Crippen LogP contribution is -2.46. The van der Waals surface area contributed by atoms with E-state index in [-0.39, 0.29) is 19.3 Å². The van der Waals surface area contributed by atoms with Gasteiger partial charge in [0.05, 0.1) is 0 Å². The Morgan fingerprint density at radius 3 is 1.19 bits per heavy atom. The molecule has 10 heteroatoms. The number of nitrogens with one attached hydrogen (secondary N) is 1. The average molecular weight is 385 g/mol. The molecular weight excluding hydrogens is 356 g/mol. The van der Waals surface area contributed by atoms with Gasteiger partial charge in [-0.3, -0.25) is 0 Å². The van der Waals surface area contributed by atoms with Crippen LogP contribution < -0.4 is 20.6 Å². The van der Waals surface area contributed by atoms with E-state index < -0.39 is 17.9 Å². The van der Waals surface area contributed by atoms with Crippen LogP contribution in [0.4, 0.5) is 0 Å². The Morgan fingerprint density at radius 2 is 0.889 bits per heavy atom. The van der Waals surface area contributed by atoms with Crippen molar-refractivity contribution in [2.75, 3.05) is 72.0 Å². The van der Waals surface area contributed by atoms with Crippen LogP contribution in [0.15, 0.2) is 0 Å². The fourth-order valence-corrected chi connectivity index (χ4v) is 2.92. The first kappa shape index (κ1) is 23.3. The largest absolute Gasteiger partial charge is 0.550 e. The van der Waals surface area contributed by atoms with Gasteiger partial charge in [-0.05, 0) is 19.3 Å². The molecule has 0 atom stereocenters. The van der Waals surface area contributed by atoms with E-state index in [2.05, 4.69) is 5.32 Å². The molecule has 0 aromatic rings. The predicted octanol–water partition coefficient (Wildman–Crippen LogP) is -5.08. The number of carbonyl (C=O) groups is 3. The molecule has 27 heavy (non-hydrogen) atoms. The topological polar surface area (TPSA) is 142 Å². The first-order valence-electron chi connectivity index (χ1n) is 9.34. The molecule has 1 heterocycles.